The van der Waals surface area contributed by atoms with Crippen molar-refractivity contribution in [2.24, 2.45) is 0 Å². The maximum atomic E-state index is 5.05. The molecule has 0 fully saturated rings. The van der Waals surface area contributed by atoms with Gasteiger partial charge in [-0.2, -0.15) is 0 Å². The van der Waals surface area contributed by atoms with Crippen LogP contribution in [0.4, 0.5) is 0 Å². The van der Waals surface area contributed by atoms with Gasteiger partial charge in [-0.3, -0.25) is 0 Å². The molecule has 10 rings (SSSR count). The summed E-state index contributed by atoms with van der Waals surface area (Å²) < 4.78 is 5.15. The first-order valence-electron chi connectivity index (χ1n) is 16.6. The fraction of sp³-hybridized carbons (Fsp3) is 0. The zero-order chi connectivity index (χ0) is 33.0. The van der Waals surface area contributed by atoms with Gasteiger partial charge in [-0.15, -0.1) is 22.7 Å². The second kappa shape index (κ2) is 11.8. The summed E-state index contributed by atoms with van der Waals surface area (Å²) in [5.74, 6) is 1.98. The Balaban J connectivity index is 1.07. The summed E-state index contributed by atoms with van der Waals surface area (Å²) in [5, 5.41) is 5.16. The summed E-state index contributed by atoms with van der Waals surface area (Å²) >= 11 is 3.70. The molecular weight excluding hydrogens is 647 g/mol. The van der Waals surface area contributed by atoms with E-state index >= 15 is 0 Å². The standard InChI is InChI=1S/C45H27N3S2/c1-3-10-28(11-4-1)29-18-20-31(21-19-29)44-46-43(30-12-5-2-6-13-30)47-45(48-44)33-23-25-37-36-24-22-32(26-40(36)49-41(37)27-33)34-15-9-16-38-35-14-7-8-17-39(35)50-42(34)38/h1-27H. The highest BCUT2D eigenvalue weighted by atomic mass is 32.1. The third-order valence-electron chi connectivity index (χ3n) is 9.36. The molecule has 5 heteroatoms. The summed E-state index contributed by atoms with van der Waals surface area (Å²) in [5.41, 5.74) is 7.76. The fourth-order valence-corrected chi connectivity index (χ4v) is 9.27. The number of thiophene rings is 2. The summed E-state index contributed by atoms with van der Waals surface area (Å²) in [7, 11) is 0. The number of hydrogen-bond acceptors (Lipinski definition) is 5. The predicted octanol–water partition coefficient (Wildman–Crippen LogP) is 12.9. The molecule has 7 aromatic carbocycles. The van der Waals surface area contributed by atoms with Gasteiger partial charge in [0, 0.05) is 57.0 Å². The van der Waals surface area contributed by atoms with E-state index in [-0.39, 0.29) is 0 Å². The lowest BCUT2D eigenvalue weighted by Gasteiger charge is -2.09. The van der Waals surface area contributed by atoms with Crippen LogP contribution in [0.5, 0.6) is 0 Å². The smallest absolute Gasteiger partial charge is 0.164 e. The Morgan fingerprint density at radius 3 is 1.50 bits per heavy atom. The van der Waals surface area contributed by atoms with Crippen molar-refractivity contribution in [1.82, 2.24) is 15.0 Å². The molecular formula is C45H27N3S2. The molecule has 0 spiro atoms. The third kappa shape index (κ3) is 4.98. The van der Waals surface area contributed by atoms with Crippen molar-refractivity contribution in [3.05, 3.63) is 164 Å². The third-order valence-corrected chi connectivity index (χ3v) is 11.7. The van der Waals surface area contributed by atoms with Crippen LogP contribution in [0.2, 0.25) is 0 Å². The highest BCUT2D eigenvalue weighted by molar-refractivity contribution is 7.26. The second-order valence-electron chi connectivity index (χ2n) is 12.4. The molecule has 0 aliphatic heterocycles. The van der Waals surface area contributed by atoms with E-state index in [1.165, 1.54) is 57.0 Å². The lowest BCUT2D eigenvalue weighted by Crippen LogP contribution is -2.00. The van der Waals surface area contributed by atoms with Gasteiger partial charge < -0.3 is 0 Å². The molecule has 50 heavy (non-hydrogen) atoms. The van der Waals surface area contributed by atoms with Crippen LogP contribution in [0.25, 0.3) is 96.8 Å². The second-order valence-corrected chi connectivity index (χ2v) is 14.6. The van der Waals surface area contributed by atoms with Crippen molar-refractivity contribution in [3.63, 3.8) is 0 Å². The Kier molecular flexibility index (Phi) is 6.86. The van der Waals surface area contributed by atoms with Crippen LogP contribution in [0.3, 0.4) is 0 Å². The molecule has 0 N–H and O–H groups in total. The number of hydrogen-bond donors (Lipinski definition) is 0. The maximum Gasteiger partial charge on any atom is 0.164 e. The fourth-order valence-electron chi connectivity index (χ4n) is 6.85. The van der Waals surface area contributed by atoms with Crippen molar-refractivity contribution in [3.8, 4) is 56.4 Å². The van der Waals surface area contributed by atoms with E-state index in [2.05, 4.69) is 127 Å². The van der Waals surface area contributed by atoms with Crippen molar-refractivity contribution < 1.29 is 0 Å². The molecule has 0 aliphatic rings. The van der Waals surface area contributed by atoms with Crippen LogP contribution in [-0.4, -0.2) is 15.0 Å². The molecule has 3 aromatic heterocycles. The van der Waals surface area contributed by atoms with Crippen molar-refractivity contribution in [2.75, 3.05) is 0 Å². The molecule has 0 radical (unpaired) electrons. The van der Waals surface area contributed by atoms with Gasteiger partial charge in [-0.05, 0) is 40.5 Å². The van der Waals surface area contributed by atoms with Gasteiger partial charge in [-0.25, -0.2) is 15.0 Å². The van der Waals surface area contributed by atoms with Crippen molar-refractivity contribution in [1.29, 1.82) is 0 Å². The quantitative estimate of drug-likeness (QED) is 0.182. The van der Waals surface area contributed by atoms with Crippen LogP contribution in [-0.2, 0) is 0 Å². The Morgan fingerprint density at radius 2 is 0.780 bits per heavy atom. The SMILES string of the molecule is c1ccc(-c2ccc(-c3nc(-c4ccccc4)nc(-c4ccc5c(c4)sc4cc(-c6cccc7c6sc6ccccc67)ccc45)n3)cc2)cc1. The molecule has 0 atom stereocenters. The summed E-state index contributed by atoms with van der Waals surface area (Å²) in [6.45, 7) is 0. The monoisotopic (exact) mass is 673 g/mol. The van der Waals surface area contributed by atoms with Gasteiger partial charge in [0.25, 0.3) is 0 Å². The first-order chi connectivity index (χ1) is 24.7. The lowest BCUT2D eigenvalue weighted by atomic mass is 10.0. The van der Waals surface area contributed by atoms with Crippen LogP contribution in [0, 0.1) is 0 Å². The zero-order valence-electron chi connectivity index (χ0n) is 26.7. The molecule has 0 amide bonds. The summed E-state index contributed by atoms with van der Waals surface area (Å²) in [6, 6.07) is 57.9. The largest absolute Gasteiger partial charge is 0.208 e. The molecule has 0 bridgehead atoms. The van der Waals surface area contributed by atoms with Crippen LogP contribution in [0.15, 0.2) is 164 Å². The topological polar surface area (TPSA) is 38.7 Å². The van der Waals surface area contributed by atoms with E-state index in [1.807, 2.05) is 59.1 Å². The van der Waals surface area contributed by atoms with E-state index in [0.29, 0.717) is 17.5 Å². The van der Waals surface area contributed by atoms with Gasteiger partial charge in [0.15, 0.2) is 17.5 Å². The first kappa shape index (κ1) is 29.0. The summed E-state index contributed by atoms with van der Waals surface area (Å²) in [4.78, 5) is 15.0. The Bertz CT molecular complexity index is 2850. The lowest BCUT2D eigenvalue weighted by molar-refractivity contribution is 1.07. The average molecular weight is 674 g/mol. The molecule has 10 aromatic rings. The Morgan fingerprint density at radius 1 is 0.300 bits per heavy atom. The van der Waals surface area contributed by atoms with Crippen LogP contribution < -0.4 is 0 Å². The van der Waals surface area contributed by atoms with E-state index in [4.69, 9.17) is 15.0 Å². The van der Waals surface area contributed by atoms with Gasteiger partial charge >= 0.3 is 0 Å². The number of fused-ring (bicyclic) bond motifs is 6. The zero-order valence-corrected chi connectivity index (χ0v) is 28.4. The van der Waals surface area contributed by atoms with Crippen molar-refractivity contribution in [2.45, 2.75) is 0 Å². The minimum Gasteiger partial charge on any atom is -0.208 e. The van der Waals surface area contributed by atoms with E-state index in [0.717, 1.165) is 22.3 Å². The van der Waals surface area contributed by atoms with Crippen LogP contribution in [0.1, 0.15) is 0 Å². The normalized spacial score (nSPS) is 11.6. The van der Waals surface area contributed by atoms with Gasteiger partial charge in [0.1, 0.15) is 0 Å². The van der Waals surface area contributed by atoms with E-state index < -0.39 is 0 Å². The molecule has 3 nitrogen and oxygen atoms in total. The minimum atomic E-state index is 0.657. The molecule has 0 aliphatic carbocycles. The number of nitrogens with zero attached hydrogens (tertiary/aromatic N) is 3. The van der Waals surface area contributed by atoms with Crippen LogP contribution >= 0.6 is 22.7 Å². The molecule has 234 valence electrons. The first-order valence-corrected chi connectivity index (χ1v) is 18.2. The number of rotatable bonds is 5. The number of aromatic nitrogens is 3. The Hall–Kier alpha value is -6.01. The van der Waals surface area contributed by atoms with Gasteiger partial charge in [0.05, 0.1) is 0 Å². The van der Waals surface area contributed by atoms with Gasteiger partial charge in [-0.1, -0.05) is 146 Å². The number of benzene rings is 7. The van der Waals surface area contributed by atoms with Crippen molar-refractivity contribution >= 4 is 63.0 Å². The Labute approximate surface area is 296 Å². The minimum absolute atomic E-state index is 0.657. The summed E-state index contributed by atoms with van der Waals surface area (Å²) in [6.07, 6.45) is 0. The predicted molar refractivity (Wildman–Crippen MR) is 213 cm³/mol. The molecule has 0 saturated carbocycles. The highest BCUT2D eigenvalue weighted by Gasteiger charge is 2.16. The maximum absolute atomic E-state index is 5.05. The molecule has 3 heterocycles. The molecule has 0 saturated heterocycles. The van der Waals surface area contributed by atoms with Gasteiger partial charge in [0.2, 0.25) is 0 Å². The van der Waals surface area contributed by atoms with E-state index in [1.54, 1.807) is 0 Å². The average Bonchev–Trinajstić information content (AvgIpc) is 3.76. The highest BCUT2D eigenvalue weighted by Crippen LogP contribution is 2.43. The van der Waals surface area contributed by atoms with E-state index in [9.17, 15) is 0 Å². The molecule has 0 unspecified atom stereocenters.